The molecule has 0 radical (unpaired) electrons. The lowest BCUT2D eigenvalue weighted by Crippen LogP contribution is -2.26. The molecule has 0 saturated heterocycles. The molecule has 2 amide bonds. The first-order chi connectivity index (χ1) is 14.5. The normalized spacial score (nSPS) is 11.4. The number of nitrogens with one attached hydrogen (secondary N) is 2. The predicted octanol–water partition coefficient (Wildman–Crippen LogP) is 3.69. The van der Waals surface area contributed by atoms with E-state index in [9.17, 15) is 13.8 Å². The number of amides is 2. The molecule has 0 aliphatic carbocycles. The zero-order chi connectivity index (χ0) is 21.3. The minimum atomic E-state index is -1.63. The van der Waals surface area contributed by atoms with E-state index in [0.29, 0.717) is 17.1 Å². The van der Waals surface area contributed by atoms with Crippen LogP contribution in [0.1, 0.15) is 0 Å². The molecule has 0 spiro atoms. The van der Waals surface area contributed by atoms with Crippen molar-refractivity contribution in [2.24, 2.45) is 0 Å². The van der Waals surface area contributed by atoms with Gasteiger partial charge in [-0.1, -0.05) is 48.5 Å². The Morgan fingerprint density at radius 2 is 1.40 bits per heavy atom. The topological polar surface area (TPSA) is 84.5 Å². The lowest BCUT2D eigenvalue weighted by atomic mass is 10.0. The van der Waals surface area contributed by atoms with E-state index in [-0.39, 0.29) is 11.5 Å². The summed E-state index contributed by atoms with van der Waals surface area (Å²) in [6.07, 6.45) is 0. The number of anilines is 2. The van der Waals surface area contributed by atoms with E-state index in [0.717, 1.165) is 11.1 Å². The van der Waals surface area contributed by atoms with Gasteiger partial charge in [-0.15, -0.1) is 0 Å². The second-order valence-corrected chi connectivity index (χ2v) is 7.92. The quantitative estimate of drug-likeness (QED) is 0.580. The summed E-state index contributed by atoms with van der Waals surface area (Å²) in [5.41, 5.74) is 3.04. The van der Waals surface area contributed by atoms with Crippen molar-refractivity contribution in [1.29, 1.82) is 0 Å². The Morgan fingerprint density at radius 1 is 0.800 bits per heavy atom. The zero-order valence-corrected chi connectivity index (χ0v) is 17.3. The predicted molar refractivity (Wildman–Crippen MR) is 120 cm³/mol. The van der Waals surface area contributed by atoms with Crippen LogP contribution in [0.3, 0.4) is 0 Å². The summed E-state index contributed by atoms with van der Waals surface area (Å²) in [6, 6.07) is 23.9. The van der Waals surface area contributed by atoms with Crippen LogP contribution in [-0.4, -0.2) is 34.6 Å². The molecule has 0 saturated carbocycles. The van der Waals surface area contributed by atoms with Gasteiger partial charge in [0.1, 0.15) is 17.3 Å². The maximum atomic E-state index is 12.4. The fraction of sp³-hybridized carbons (Fsp3) is 0.130. The highest BCUT2D eigenvalue weighted by Gasteiger charge is 2.14. The molecule has 0 aliphatic rings. The smallest absolute Gasteiger partial charge is 0.237 e. The van der Waals surface area contributed by atoms with Crippen LogP contribution in [0.4, 0.5) is 11.4 Å². The average molecular weight is 423 g/mol. The molecule has 0 bridgehead atoms. The minimum Gasteiger partial charge on any atom is -0.497 e. The van der Waals surface area contributed by atoms with Gasteiger partial charge in [-0.3, -0.25) is 13.8 Å². The summed E-state index contributed by atoms with van der Waals surface area (Å²) in [4.78, 5) is 24.5. The van der Waals surface area contributed by atoms with Crippen molar-refractivity contribution < 1.29 is 18.5 Å². The highest BCUT2D eigenvalue weighted by molar-refractivity contribution is 7.86. The molecule has 3 aromatic rings. The van der Waals surface area contributed by atoms with Crippen molar-refractivity contribution in [2.45, 2.75) is 0 Å². The lowest BCUT2D eigenvalue weighted by Gasteiger charge is -2.11. The summed E-state index contributed by atoms with van der Waals surface area (Å²) in [7, 11) is -0.0778. The van der Waals surface area contributed by atoms with Crippen LogP contribution in [0.25, 0.3) is 11.1 Å². The van der Waals surface area contributed by atoms with Gasteiger partial charge in [0.25, 0.3) is 0 Å². The monoisotopic (exact) mass is 422 g/mol. The molecular formula is C23H22N2O4S. The number of hydrogen-bond acceptors (Lipinski definition) is 4. The third-order valence-electron chi connectivity index (χ3n) is 4.24. The van der Waals surface area contributed by atoms with E-state index in [2.05, 4.69) is 10.6 Å². The van der Waals surface area contributed by atoms with Gasteiger partial charge in [-0.25, -0.2) is 0 Å². The van der Waals surface area contributed by atoms with Gasteiger partial charge < -0.3 is 15.4 Å². The molecule has 0 heterocycles. The summed E-state index contributed by atoms with van der Waals surface area (Å²) in [5.74, 6) is -0.687. The number of methoxy groups -OCH3 is 1. The van der Waals surface area contributed by atoms with Gasteiger partial charge in [0.05, 0.1) is 7.11 Å². The van der Waals surface area contributed by atoms with Crippen LogP contribution >= 0.6 is 0 Å². The molecule has 7 heteroatoms. The van der Waals surface area contributed by atoms with Crippen molar-refractivity contribution in [3.05, 3.63) is 78.9 Å². The van der Waals surface area contributed by atoms with Gasteiger partial charge in [-0.2, -0.15) is 0 Å². The number of rotatable bonds is 8. The van der Waals surface area contributed by atoms with Crippen molar-refractivity contribution in [3.63, 3.8) is 0 Å². The summed E-state index contributed by atoms with van der Waals surface area (Å²) in [5, 5.41) is 5.46. The van der Waals surface area contributed by atoms with E-state index >= 15 is 0 Å². The van der Waals surface area contributed by atoms with E-state index in [1.54, 1.807) is 37.4 Å². The number of carbonyl (C=O) groups excluding carboxylic acids is 2. The highest BCUT2D eigenvalue weighted by Crippen LogP contribution is 2.27. The van der Waals surface area contributed by atoms with Crippen LogP contribution < -0.4 is 15.4 Å². The Bertz CT molecular complexity index is 1040. The fourth-order valence-electron chi connectivity index (χ4n) is 2.86. The van der Waals surface area contributed by atoms with Crippen LogP contribution in [0.15, 0.2) is 78.9 Å². The number of ether oxygens (including phenoxy) is 1. The highest BCUT2D eigenvalue weighted by atomic mass is 32.2. The van der Waals surface area contributed by atoms with Crippen molar-refractivity contribution >= 4 is 34.0 Å². The SMILES string of the molecule is COc1ccc(NC(=O)CS(=O)CC(=O)Nc2ccccc2-c2ccccc2)cc1. The molecule has 0 aromatic heterocycles. The van der Waals surface area contributed by atoms with Gasteiger partial charge in [-0.05, 0) is 35.9 Å². The molecule has 1 unspecified atom stereocenters. The maximum absolute atomic E-state index is 12.4. The van der Waals surface area contributed by atoms with Crippen molar-refractivity contribution in [3.8, 4) is 16.9 Å². The first kappa shape index (κ1) is 21.3. The Balaban J connectivity index is 1.55. The number of hydrogen-bond donors (Lipinski definition) is 2. The molecule has 30 heavy (non-hydrogen) atoms. The van der Waals surface area contributed by atoms with Crippen LogP contribution in [0, 0.1) is 0 Å². The van der Waals surface area contributed by atoms with Gasteiger partial charge in [0.2, 0.25) is 11.8 Å². The van der Waals surface area contributed by atoms with Crippen LogP contribution in [0.2, 0.25) is 0 Å². The first-order valence-corrected chi connectivity index (χ1v) is 10.8. The Labute approximate surface area is 177 Å². The lowest BCUT2D eigenvalue weighted by molar-refractivity contribution is -0.114. The Hall–Kier alpha value is -3.45. The van der Waals surface area contributed by atoms with Crippen LogP contribution in [-0.2, 0) is 20.4 Å². The molecule has 6 nitrogen and oxygen atoms in total. The van der Waals surface area contributed by atoms with E-state index < -0.39 is 22.6 Å². The van der Waals surface area contributed by atoms with Gasteiger partial charge >= 0.3 is 0 Å². The summed E-state index contributed by atoms with van der Waals surface area (Å²) in [6.45, 7) is 0. The number of carbonyl (C=O) groups is 2. The summed E-state index contributed by atoms with van der Waals surface area (Å²) < 4.78 is 17.3. The molecule has 0 aliphatic heterocycles. The number of para-hydroxylation sites is 1. The van der Waals surface area contributed by atoms with E-state index in [1.165, 1.54) is 0 Å². The molecular weight excluding hydrogens is 400 g/mol. The van der Waals surface area contributed by atoms with Gasteiger partial charge in [0.15, 0.2) is 0 Å². The molecule has 2 N–H and O–H groups in total. The van der Waals surface area contributed by atoms with Crippen molar-refractivity contribution in [2.75, 3.05) is 29.2 Å². The molecule has 3 aromatic carbocycles. The van der Waals surface area contributed by atoms with E-state index in [1.807, 2.05) is 48.5 Å². The third-order valence-corrected chi connectivity index (χ3v) is 5.41. The first-order valence-electron chi connectivity index (χ1n) is 9.28. The second-order valence-electron chi connectivity index (χ2n) is 6.46. The van der Waals surface area contributed by atoms with Crippen molar-refractivity contribution in [1.82, 2.24) is 0 Å². The Morgan fingerprint density at radius 3 is 2.07 bits per heavy atom. The molecule has 3 rings (SSSR count). The fourth-order valence-corrected chi connectivity index (χ4v) is 3.69. The minimum absolute atomic E-state index is 0.264. The maximum Gasteiger partial charge on any atom is 0.237 e. The average Bonchev–Trinajstić information content (AvgIpc) is 2.75. The second kappa shape index (κ2) is 10.4. The standard InChI is InChI=1S/C23H22N2O4S/c1-29-19-13-11-18(12-14-19)24-22(26)15-30(28)16-23(27)25-21-10-6-5-9-20(21)17-7-3-2-4-8-17/h2-14H,15-16H2,1H3,(H,24,26)(H,25,27). The summed E-state index contributed by atoms with van der Waals surface area (Å²) >= 11 is 0. The van der Waals surface area contributed by atoms with Crippen LogP contribution in [0.5, 0.6) is 5.75 Å². The molecule has 154 valence electrons. The zero-order valence-electron chi connectivity index (χ0n) is 16.5. The molecule has 1 atom stereocenters. The van der Waals surface area contributed by atoms with E-state index in [4.69, 9.17) is 4.74 Å². The third kappa shape index (κ3) is 6.02. The van der Waals surface area contributed by atoms with Gasteiger partial charge in [0, 0.05) is 27.7 Å². The molecule has 0 fully saturated rings. The number of benzene rings is 3. The Kier molecular flexibility index (Phi) is 7.34. The largest absolute Gasteiger partial charge is 0.497 e.